The third kappa shape index (κ3) is 3.77. The summed E-state index contributed by atoms with van der Waals surface area (Å²) in [6.45, 7) is 2.61. The molecule has 0 spiro atoms. The van der Waals surface area contributed by atoms with Crippen LogP contribution >= 0.6 is 11.6 Å². The normalized spacial score (nSPS) is 10.0. The van der Waals surface area contributed by atoms with Crippen molar-refractivity contribution < 1.29 is 9.90 Å². The van der Waals surface area contributed by atoms with Crippen LogP contribution in [0.25, 0.3) is 0 Å². The Balaban J connectivity index is 2.52. The lowest BCUT2D eigenvalue weighted by Crippen LogP contribution is -2.41. The van der Waals surface area contributed by atoms with Gasteiger partial charge in [-0.2, -0.15) is 0 Å². The molecule has 2 N–H and O–H groups in total. The molecule has 82 valence electrons. The lowest BCUT2D eigenvalue weighted by molar-refractivity contribution is 0.122. The Morgan fingerprint density at radius 3 is 2.87 bits per heavy atom. The van der Waals surface area contributed by atoms with E-state index in [-0.39, 0.29) is 0 Å². The summed E-state index contributed by atoms with van der Waals surface area (Å²) < 4.78 is 0. The van der Waals surface area contributed by atoms with Crippen molar-refractivity contribution in [1.82, 2.24) is 10.4 Å². The first-order chi connectivity index (χ1) is 7.13. The lowest BCUT2D eigenvalue weighted by Gasteiger charge is -2.17. The number of amides is 1. The second kappa shape index (κ2) is 5.58. The van der Waals surface area contributed by atoms with Crippen molar-refractivity contribution in [2.45, 2.75) is 13.5 Å². The molecule has 0 aliphatic rings. The molecule has 0 fully saturated rings. The smallest absolute Gasteiger partial charge is 0.421 e. The van der Waals surface area contributed by atoms with Gasteiger partial charge in [0.2, 0.25) is 0 Å². The molecule has 0 saturated carbocycles. The molecular formula is C10H13ClN2O2. The number of carboxylic acid groups (broad SMARTS) is 1. The van der Waals surface area contributed by atoms with Gasteiger partial charge in [0.15, 0.2) is 0 Å². The Kier molecular flexibility index (Phi) is 4.39. The van der Waals surface area contributed by atoms with E-state index in [1.165, 1.54) is 0 Å². The Morgan fingerprint density at radius 2 is 2.33 bits per heavy atom. The highest BCUT2D eigenvalue weighted by molar-refractivity contribution is 6.30. The molecule has 0 aliphatic carbocycles. The SMILES string of the molecule is CCN(NCc1cccc(Cl)c1)C(=O)O. The predicted octanol–water partition coefficient (Wildman–Crippen LogP) is 2.34. The van der Waals surface area contributed by atoms with Gasteiger partial charge < -0.3 is 5.11 Å². The van der Waals surface area contributed by atoms with Crippen LogP contribution in [0.2, 0.25) is 5.02 Å². The Bertz CT molecular complexity index is 344. The topological polar surface area (TPSA) is 52.6 Å². The molecule has 0 aliphatic heterocycles. The van der Waals surface area contributed by atoms with Crippen LogP contribution in [0, 0.1) is 0 Å². The van der Waals surface area contributed by atoms with E-state index in [0.29, 0.717) is 18.1 Å². The second-order valence-corrected chi connectivity index (χ2v) is 3.43. The van der Waals surface area contributed by atoms with Gasteiger partial charge in [0.1, 0.15) is 0 Å². The predicted molar refractivity (Wildman–Crippen MR) is 58.7 cm³/mol. The molecule has 0 heterocycles. The van der Waals surface area contributed by atoms with Crippen molar-refractivity contribution >= 4 is 17.7 Å². The number of rotatable bonds is 4. The van der Waals surface area contributed by atoms with Gasteiger partial charge in [-0.15, -0.1) is 0 Å². The van der Waals surface area contributed by atoms with E-state index in [4.69, 9.17) is 16.7 Å². The van der Waals surface area contributed by atoms with Gasteiger partial charge in [-0.05, 0) is 24.6 Å². The highest BCUT2D eigenvalue weighted by atomic mass is 35.5. The molecule has 0 atom stereocenters. The summed E-state index contributed by atoms with van der Waals surface area (Å²) >= 11 is 5.80. The molecule has 1 aromatic carbocycles. The minimum Gasteiger partial charge on any atom is -0.464 e. The van der Waals surface area contributed by atoms with E-state index >= 15 is 0 Å². The van der Waals surface area contributed by atoms with E-state index in [1.807, 2.05) is 12.1 Å². The molecule has 4 nitrogen and oxygen atoms in total. The molecule has 0 unspecified atom stereocenters. The molecule has 0 saturated heterocycles. The zero-order valence-corrected chi connectivity index (χ0v) is 9.16. The van der Waals surface area contributed by atoms with E-state index < -0.39 is 6.09 Å². The van der Waals surface area contributed by atoms with Gasteiger partial charge >= 0.3 is 6.09 Å². The number of nitrogens with zero attached hydrogens (tertiary/aromatic N) is 1. The van der Waals surface area contributed by atoms with Crippen LogP contribution in [0.15, 0.2) is 24.3 Å². The molecule has 0 bridgehead atoms. The number of hydrogen-bond acceptors (Lipinski definition) is 2. The summed E-state index contributed by atoms with van der Waals surface area (Å²) in [5.74, 6) is 0. The minimum absolute atomic E-state index is 0.399. The Morgan fingerprint density at radius 1 is 1.60 bits per heavy atom. The molecule has 1 rings (SSSR count). The highest BCUT2D eigenvalue weighted by Gasteiger charge is 2.07. The van der Waals surface area contributed by atoms with Gasteiger partial charge in [0.25, 0.3) is 0 Å². The van der Waals surface area contributed by atoms with Gasteiger partial charge in [0, 0.05) is 18.1 Å². The molecular weight excluding hydrogens is 216 g/mol. The van der Waals surface area contributed by atoms with Crippen LogP contribution in [0.4, 0.5) is 4.79 Å². The number of carbonyl (C=O) groups is 1. The van der Waals surface area contributed by atoms with Crippen LogP contribution in [-0.2, 0) is 6.54 Å². The van der Waals surface area contributed by atoms with Crippen molar-refractivity contribution in [2.24, 2.45) is 0 Å². The molecule has 5 heteroatoms. The van der Waals surface area contributed by atoms with Crippen molar-refractivity contribution in [1.29, 1.82) is 0 Å². The first-order valence-corrected chi connectivity index (χ1v) is 4.99. The van der Waals surface area contributed by atoms with Crippen LogP contribution in [0.5, 0.6) is 0 Å². The van der Waals surface area contributed by atoms with Crippen LogP contribution in [0.3, 0.4) is 0 Å². The summed E-state index contributed by atoms with van der Waals surface area (Å²) in [7, 11) is 0. The van der Waals surface area contributed by atoms with Crippen molar-refractivity contribution in [3.05, 3.63) is 34.9 Å². The van der Waals surface area contributed by atoms with Crippen LogP contribution in [0.1, 0.15) is 12.5 Å². The summed E-state index contributed by atoms with van der Waals surface area (Å²) in [5.41, 5.74) is 3.73. The maximum Gasteiger partial charge on any atom is 0.421 e. The highest BCUT2D eigenvalue weighted by Crippen LogP contribution is 2.10. The fraction of sp³-hybridized carbons (Fsp3) is 0.300. The van der Waals surface area contributed by atoms with E-state index in [0.717, 1.165) is 10.6 Å². The Hall–Kier alpha value is -1.26. The third-order valence-corrected chi connectivity index (χ3v) is 2.15. The monoisotopic (exact) mass is 228 g/mol. The fourth-order valence-electron chi connectivity index (χ4n) is 1.15. The third-order valence-electron chi connectivity index (χ3n) is 1.91. The van der Waals surface area contributed by atoms with Crippen molar-refractivity contribution in [3.8, 4) is 0 Å². The van der Waals surface area contributed by atoms with Crippen molar-refractivity contribution in [3.63, 3.8) is 0 Å². The summed E-state index contributed by atoms with van der Waals surface area (Å²) in [6.07, 6.45) is -0.987. The number of hydrazine groups is 1. The van der Waals surface area contributed by atoms with E-state index in [9.17, 15) is 4.79 Å². The summed E-state index contributed by atoms with van der Waals surface area (Å²) in [4.78, 5) is 10.7. The maximum atomic E-state index is 10.7. The molecule has 1 aromatic rings. The maximum absolute atomic E-state index is 10.7. The molecule has 0 radical (unpaired) electrons. The van der Waals surface area contributed by atoms with E-state index in [2.05, 4.69) is 5.43 Å². The summed E-state index contributed by atoms with van der Waals surface area (Å²) in [5, 5.41) is 10.5. The number of nitrogens with one attached hydrogen (secondary N) is 1. The number of hydrogen-bond donors (Lipinski definition) is 2. The van der Waals surface area contributed by atoms with E-state index in [1.54, 1.807) is 19.1 Å². The van der Waals surface area contributed by atoms with Gasteiger partial charge in [-0.3, -0.25) is 0 Å². The summed E-state index contributed by atoms with van der Waals surface area (Å²) in [6, 6.07) is 7.29. The lowest BCUT2D eigenvalue weighted by atomic mass is 10.2. The van der Waals surface area contributed by atoms with Crippen LogP contribution in [-0.4, -0.2) is 22.8 Å². The van der Waals surface area contributed by atoms with Gasteiger partial charge in [0.05, 0.1) is 0 Å². The molecule has 15 heavy (non-hydrogen) atoms. The van der Waals surface area contributed by atoms with Crippen LogP contribution < -0.4 is 5.43 Å². The zero-order chi connectivity index (χ0) is 11.3. The first-order valence-electron chi connectivity index (χ1n) is 4.62. The standard InChI is InChI=1S/C10H13ClN2O2/c1-2-13(10(14)15)12-7-8-4-3-5-9(11)6-8/h3-6,12H,2,7H2,1H3,(H,14,15). The number of halogens is 1. The number of benzene rings is 1. The molecule has 1 amide bonds. The molecule has 0 aromatic heterocycles. The Labute approximate surface area is 93.4 Å². The quantitative estimate of drug-likeness (QED) is 0.778. The zero-order valence-electron chi connectivity index (χ0n) is 8.40. The van der Waals surface area contributed by atoms with Gasteiger partial charge in [-0.1, -0.05) is 23.7 Å². The van der Waals surface area contributed by atoms with Crippen molar-refractivity contribution in [2.75, 3.05) is 6.54 Å². The average molecular weight is 229 g/mol. The second-order valence-electron chi connectivity index (χ2n) is 2.99. The average Bonchev–Trinajstić information content (AvgIpc) is 2.18. The van der Waals surface area contributed by atoms with Gasteiger partial charge in [-0.25, -0.2) is 15.2 Å². The minimum atomic E-state index is -0.987. The first kappa shape index (κ1) is 11.8. The fourth-order valence-corrected chi connectivity index (χ4v) is 1.36. The largest absolute Gasteiger partial charge is 0.464 e.